The number of hydrogen-bond acceptors (Lipinski definition) is 7. The van der Waals surface area contributed by atoms with Crippen LogP contribution in [0.5, 0.6) is 0 Å². The van der Waals surface area contributed by atoms with Gasteiger partial charge in [0.15, 0.2) is 5.79 Å². The van der Waals surface area contributed by atoms with Crippen molar-refractivity contribution in [3.63, 3.8) is 0 Å². The maximum absolute atomic E-state index is 12.2. The van der Waals surface area contributed by atoms with E-state index < -0.39 is 5.79 Å². The second-order valence-electron chi connectivity index (χ2n) is 9.80. The number of ether oxygens (including phenoxy) is 1. The highest BCUT2D eigenvalue weighted by molar-refractivity contribution is 6.00. The molecule has 2 rings (SSSR count). The van der Waals surface area contributed by atoms with Gasteiger partial charge in [0.25, 0.3) is 11.8 Å². The number of carbonyl (C=O) groups excluding carboxylic acids is 4. The summed E-state index contributed by atoms with van der Waals surface area (Å²) in [5, 5.41) is 6.58. The number of amides is 4. The fourth-order valence-electron chi connectivity index (χ4n) is 4.69. The van der Waals surface area contributed by atoms with Crippen LogP contribution in [-0.2, 0) is 28.8 Å². The van der Waals surface area contributed by atoms with Gasteiger partial charge in [-0.15, -0.1) is 0 Å². The molecule has 2 aliphatic rings. The average Bonchev–Trinajstić information content (AvgIpc) is 3.10. The van der Waals surface area contributed by atoms with Gasteiger partial charge in [0.05, 0.1) is 6.54 Å². The molecule has 35 heavy (non-hydrogen) atoms. The molecular weight excluding hydrogens is 452 g/mol. The summed E-state index contributed by atoms with van der Waals surface area (Å²) >= 11 is 0. The van der Waals surface area contributed by atoms with Crippen LogP contribution in [0.25, 0.3) is 0 Å². The van der Waals surface area contributed by atoms with Crippen molar-refractivity contribution in [1.82, 2.24) is 20.6 Å². The molecule has 2 heterocycles. The summed E-state index contributed by atoms with van der Waals surface area (Å²) in [6.07, 6.45) is 6.93. The van der Waals surface area contributed by atoms with E-state index in [2.05, 4.69) is 29.4 Å². The fraction of sp³-hybridized carbons (Fsp3) is 0.840. The van der Waals surface area contributed by atoms with Gasteiger partial charge in [-0.25, -0.2) is 4.84 Å². The van der Waals surface area contributed by atoms with Crippen molar-refractivity contribution in [3.05, 3.63) is 0 Å². The number of rotatable bonds is 15. The Morgan fingerprint density at radius 1 is 0.971 bits per heavy atom. The van der Waals surface area contributed by atoms with Crippen LogP contribution in [0.2, 0.25) is 0 Å². The number of imide groups is 1. The minimum absolute atomic E-state index is 0.0321. The van der Waals surface area contributed by atoms with Crippen molar-refractivity contribution in [3.8, 4) is 0 Å². The van der Waals surface area contributed by atoms with Gasteiger partial charge < -0.3 is 15.4 Å². The van der Waals surface area contributed by atoms with Gasteiger partial charge in [0, 0.05) is 57.5 Å². The van der Waals surface area contributed by atoms with E-state index in [9.17, 15) is 19.2 Å². The van der Waals surface area contributed by atoms with Crippen LogP contribution in [-0.4, -0.2) is 77.7 Å². The van der Waals surface area contributed by atoms with E-state index in [0.717, 1.165) is 37.2 Å². The lowest BCUT2D eigenvalue weighted by Crippen LogP contribution is -2.49. The third kappa shape index (κ3) is 9.85. The lowest BCUT2D eigenvalue weighted by Gasteiger charge is -2.38. The van der Waals surface area contributed by atoms with Crippen LogP contribution in [0.3, 0.4) is 0 Å². The zero-order chi connectivity index (χ0) is 25.8. The van der Waals surface area contributed by atoms with E-state index in [0.29, 0.717) is 44.7 Å². The summed E-state index contributed by atoms with van der Waals surface area (Å²) in [6.45, 7) is 9.56. The fourth-order valence-corrected chi connectivity index (χ4v) is 4.69. The van der Waals surface area contributed by atoms with Crippen LogP contribution < -0.4 is 10.6 Å². The lowest BCUT2D eigenvalue weighted by molar-refractivity contribution is -0.314. The molecule has 3 unspecified atom stereocenters. The molecule has 2 N–H and O–H groups in total. The average molecular weight is 497 g/mol. The minimum Gasteiger partial charge on any atom is -0.356 e. The molecule has 0 aromatic rings. The molecule has 4 amide bonds. The summed E-state index contributed by atoms with van der Waals surface area (Å²) in [6, 6.07) is 0.826. The Balaban J connectivity index is 1.56. The summed E-state index contributed by atoms with van der Waals surface area (Å²) in [7, 11) is 0. The first-order chi connectivity index (χ1) is 16.6. The Morgan fingerprint density at radius 2 is 1.60 bits per heavy atom. The van der Waals surface area contributed by atoms with Gasteiger partial charge in [-0.1, -0.05) is 12.8 Å². The summed E-state index contributed by atoms with van der Waals surface area (Å²) in [5.74, 6) is -1.84. The highest BCUT2D eigenvalue weighted by Crippen LogP contribution is 2.26. The van der Waals surface area contributed by atoms with Crippen molar-refractivity contribution < 1.29 is 28.8 Å². The Bertz CT molecular complexity index is 707. The van der Waals surface area contributed by atoms with Gasteiger partial charge in [-0.2, -0.15) is 5.06 Å². The van der Waals surface area contributed by atoms with Gasteiger partial charge >= 0.3 is 0 Å². The smallest absolute Gasteiger partial charge is 0.254 e. The number of carbonyl (C=O) groups is 4. The standard InChI is InChI=1S/C25H44N4O6/c1-5-34-25(4,35-29-23(32)12-13-24(29)33)15-7-6-8-16-26-21(30)14-17-27-22(31)18-28-19(2)10-9-11-20(28)3/h19-20H,5-18H2,1-4H3,(H,26,30)(H,27,31). The Morgan fingerprint density at radius 3 is 2.23 bits per heavy atom. The normalized spacial score (nSPS) is 22.8. The van der Waals surface area contributed by atoms with Crippen molar-refractivity contribution in [2.24, 2.45) is 0 Å². The van der Waals surface area contributed by atoms with Gasteiger partial charge in [-0.05, 0) is 53.4 Å². The summed E-state index contributed by atoms with van der Waals surface area (Å²) < 4.78 is 5.68. The molecule has 0 radical (unpaired) electrons. The monoisotopic (exact) mass is 496 g/mol. The zero-order valence-electron chi connectivity index (χ0n) is 21.9. The number of piperidine rings is 1. The zero-order valence-corrected chi connectivity index (χ0v) is 21.9. The van der Waals surface area contributed by atoms with E-state index in [4.69, 9.17) is 9.57 Å². The van der Waals surface area contributed by atoms with Crippen LogP contribution in [0.15, 0.2) is 0 Å². The largest absolute Gasteiger partial charge is 0.356 e. The molecular formula is C25H44N4O6. The van der Waals surface area contributed by atoms with Crippen molar-refractivity contribution >= 4 is 23.6 Å². The molecule has 200 valence electrons. The van der Waals surface area contributed by atoms with Gasteiger partial charge in [0.1, 0.15) is 0 Å². The Kier molecular flexibility index (Phi) is 12.1. The summed E-state index contributed by atoms with van der Waals surface area (Å²) in [4.78, 5) is 55.9. The lowest BCUT2D eigenvalue weighted by atomic mass is 9.97. The molecule has 0 bridgehead atoms. The third-order valence-electron chi connectivity index (χ3n) is 6.75. The van der Waals surface area contributed by atoms with Crippen molar-refractivity contribution in [2.75, 3.05) is 26.2 Å². The maximum Gasteiger partial charge on any atom is 0.254 e. The number of hydrogen-bond donors (Lipinski definition) is 2. The van der Waals surface area contributed by atoms with Crippen molar-refractivity contribution in [2.45, 2.75) is 110 Å². The first kappa shape index (κ1) is 29.2. The minimum atomic E-state index is -1.05. The molecule has 0 aromatic carbocycles. The van der Waals surface area contributed by atoms with E-state index in [1.807, 2.05) is 6.92 Å². The number of unbranched alkanes of at least 4 members (excludes halogenated alkanes) is 2. The molecule has 0 saturated carbocycles. The molecule has 10 nitrogen and oxygen atoms in total. The number of hydroxylamine groups is 2. The highest BCUT2D eigenvalue weighted by Gasteiger charge is 2.37. The second-order valence-corrected chi connectivity index (χ2v) is 9.80. The molecule has 2 aliphatic heterocycles. The molecule has 0 aromatic heterocycles. The van der Waals surface area contributed by atoms with E-state index in [1.165, 1.54) is 6.42 Å². The van der Waals surface area contributed by atoms with Gasteiger partial charge in [0.2, 0.25) is 11.8 Å². The highest BCUT2D eigenvalue weighted by atomic mass is 16.8. The molecule has 0 spiro atoms. The first-order valence-electron chi connectivity index (χ1n) is 13.1. The molecule has 2 fully saturated rings. The van der Waals surface area contributed by atoms with E-state index >= 15 is 0 Å². The Labute approximate surface area is 209 Å². The Hall–Kier alpha value is -2.04. The number of likely N-dealkylation sites (tertiary alicyclic amines) is 1. The molecule has 3 atom stereocenters. The summed E-state index contributed by atoms with van der Waals surface area (Å²) in [5.41, 5.74) is 0. The quantitative estimate of drug-likeness (QED) is 0.203. The van der Waals surface area contributed by atoms with Crippen LogP contribution >= 0.6 is 0 Å². The maximum atomic E-state index is 12.2. The van der Waals surface area contributed by atoms with Crippen LogP contribution in [0.4, 0.5) is 0 Å². The number of nitrogens with zero attached hydrogens (tertiary/aromatic N) is 2. The molecule has 0 aliphatic carbocycles. The topological polar surface area (TPSA) is 117 Å². The van der Waals surface area contributed by atoms with Gasteiger partial charge in [-0.3, -0.25) is 24.1 Å². The number of nitrogens with one attached hydrogen (secondary N) is 2. The van der Waals surface area contributed by atoms with E-state index in [1.54, 1.807) is 6.92 Å². The molecule has 2 saturated heterocycles. The SMILES string of the molecule is CCOC(C)(CCCCCNC(=O)CCNC(=O)CN1C(C)CCCC1C)ON1C(=O)CCC1=O. The van der Waals surface area contributed by atoms with Crippen molar-refractivity contribution in [1.29, 1.82) is 0 Å². The molecule has 10 heteroatoms. The van der Waals surface area contributed by atoms with Crippen LogP contribution in [0, 0.1) is 0 Å². The van der Waals surface area contributed by atoms with E-state index in [-0.39, 0.29) is 42.9 Å². The first-order valence-corrected chi connectivity index (χ1v) is 13.1. The predicted octanol–water partition coefficient (Wildman–Crippen LogP) is 2.27. The third-order valence-corrected chi connectivity index (χ3v) is 6.75. The second kappa shape index (κ2) is 14.5. The predicted molar refractivity (Wildman–Crippen MR) is 131 cm³/mol. The van der Waals surface area contributed by atoms with Crippen LogP contribution in [0.1, 0.15) is 91.9 Å².